The highest BCUT2D eigenvalue weighted by molar-refractivity contribution is 5.96. The predicted molar refractivity (Wildman–Crippen MR) is 84.9 cm³/mol. The molecule has 23 heavy (non-hydrogen) atoms. The van der Waals surface area contributed by atoms with Crippen LogP contribution in [0.1, 0.15) is 17.7 Å². The number of nitrogens with one attached hydrogen (secondary N) is 2. The maximum atomic E-state index is 11.7. The Labute approximate surface area is 134 Å². The lowest BCUT2D eigenvalue weighted by molar-refractivity contribution is -0.129. The molecule has 0 aliphatic rings. The highest BCUT2D eigenvalue weighted by Gasteiger charge is 2.10. The Morgan fingerprint density at radius 2 is 1.87 bits per heavy atom. The van der Waals surface area contributed by atoms with Crippen molar-refractivity contribution in [1.82, 2.24) is 10.6 Å². The zero-order chi connectivity index (χ0) is 16.5. The third-order valence-electron chi connectivity index (χ3n) is 3.27. The van der Waals surface area contributed by atoms with Crippen molar-refractivity contribution in [2.24, 2.45) is 0 Å². The van der Waals surface area contributed by atoms with Crippen LogP contribution in [0.3, 0.4) is 0 Å². The Balaban J connectivity index is 1.67. The van der Waals surface area contributed by atoms with Gasteiger partial charge in [0.1, 0.15) is 17.9 Å². The second kappa shape index (κ2) is 8.63. The van der Waals surface area contributed by atoms with E-state index < -0.39 is 0 Å². The molecule has 1 heterocycles. The third kappa shape index (κ3) is 5.50. The topological polar surface area (TPSA) is 80.6 Å². The maximum absolute atomic E-state index is 11.7. The van der Waals surface area contributed by atoms with E-state index in [1.807, 2.05) is 24.3 Å². The first-order valence-electron chi connectivity index (χ1n) is 7.36. The van der Waals surface area contributed by atoms with Crippen LogP contribution in [0.5, 0.6) is 5.75 Å². The lowest BCUT2D eigenvalue weighted by atomic mass is 10.1. The molecule has 0 saturated heterocycles. The number of methoxy groups -OCH3 is 1. The first-order chi connectivity index (χ1) is 11.2. The van der Waals surface area contributed by atoms with Crippen LogP contribution in [0.4, 0.5) is 0 Å². The van der Waals surface area contributed by atoms with E-state index in [1.165, 1.54) is 6.26 Å². The minimum atomic E-state index is -0.337. The molecule has 6 heteroatoms. The van der Waals surface area contributed by atoms with Gasteiger partial charge in [-0.3, -0.25) is 9.59 Å². The molecule has 2 rings (SSSR count). The summed E-state index contributed by atoms with van der Waals surface area (Å²) in [6, 6.07) is 11.1. The van der Waals surface area contributed by atoms with E-state index in [2.05, 4.69) is 10.6 Å². The van der Waals surface area contributed by atoms with Crippen LogP contribution in [-0.2, 0) is 22.6 Å². The molecule has 1 aromatic carbocycles. The zero-order valence-corrected chi connectivity index (χ0v) is 13.0. The Bertz CT molecular complexity index is 638. The minimum absolute atomic E-state index is 0.202. The van der Waals surface area contributed by atoms with Crippen molar-refractivity contribution in [2.45, 2.75) is 19.4 Å². The number of para-hydroxylation sites is 1. The van der Waals surface area contributed by atoms with Crippen molar-refractivity contribution in [3.63, 3.8) is 0 Å². The smallest absolute Gasteiger partial charge is 0.229 e. The average molecular weight is 316 g/mol. The first kappa shape index (κ1) is 16.6. The fourth-order valence-corrected chi connectivity index (χ4v) is 2.12. The molecular weight excluding hydrogens is 296 g/mol. The Morgan fingerprint density at radius 3 is 2.61 bits per heavy atom. The normalized spacial score (nSPS) is 10.1. The molecule has 2 N–H and O–H groups in total. The Hall–Kier alpha value is -2.76. The van der Waals surface area contributed by atoms with Gasteiger partial charge in [-0.2, -0.15) is 0 Å². The molecule has 0 aliphatic heterocycles. The first-order valence-corrected chi connectivity index (χ1v) is 7.36. The van der Waals surface area contributed by atoms with Gasteiger partial charge in [-0.1, -0.05) is 18.2 Å². The van der Waals surface area contributed by atoms with Crippen molar-refractivity contribution in [3.05, 3.63) is 54.0 Å². The van der Waals surface area contributed by atoms with E-state index in [4.69, 9.17) is 9.15 Å². The summed E-state index contributed by atoms with van der Waals surface area (Å²) >= 11 is 0. The van der Waals surface area contributed by atoms with Gasteiger partial charge in [-0.05, 0) is 30.2 Å². The van der Waals surface area contributed by atoms with Crippen LogP contribution in [0.25, 0.3) is 0 Å². The number of hydrogen-bond donors (Lipinski definition) is 2. The number of furan rings is 1. The summed E-state index contributed by atoms with van der Waals surface area (Å²) < 4.78 is 10.3. The van der Waals surface area contributed by atoms with Crippen molar-refractivity contribution in [1.29, 1.82) is 0 Å². The number of ether oxygens (including phenoxy) is 1. The summed E-state index contributed by atoms with van der Waals surface area (Å²) in [5.74, 6) is 0.793. The molecule has 122 valence electrons. The van der Waals surface area contributed by atoms with E-state index in [9.17, 15) is 9.59 Å². The number of rotatable bonds is 8. The van der Waals surface area contributed by atoms with E-state index in [1.54, 1.807) is 19.2 Å². The van der Waals surface area contributed by atoms with Crippen molar-refractivity contribution in [3.8, 4) is 5.75 Å². The Kier molecular flexibility index (Phi) is 6.23. The third-order valence-corrected chi connectivity index (χ3v) is 3.27. The number of carbonyl (C=O) groups is 2. The van der Waals surface area contributed by atoms with Crippen molar-refractivity contribution < 1.29 is 18.7 Å². The van der Waals surface area contributed by atoms with Gasteiger partial charge in [0.05, 0.1) is 19.9 Å². The molecule has 6 nitrogen and oxygen atoms in total. The van der Waals surface area contributed by atoms with Gasteiger partial charge in [0.2, 0.25) is 11.8 Å². The van der Waals surface area contributed by atoms with Crippen LogP contribution in [0.15, 0.2) is 47.1 Å². The largest absolute Gasteiger partial charge is 0.496 e. The monoisotopic (exact) mass is 316 g/mol. The molecule has 2 amide bonds. The van der Waals surface area contributed by atoms with Gasteiger partial charge in [-0.15, -0.1) is 0 Å². The molecule has 0 saturated carbocycles. The molecular formula is C17H20N2O4. The van der Waals surface area contributed by atoms with Crippen LogP contribution in [-0.4, -0.2) is 25.5 Å². The van der Waals surface area contributed by atoms with Gasteiger partial charge in [0, 0.05) is 6.54 Å². The second-order valence-electron chi connectivity index (χ2n) is 4.94. The fourth-order valence-electron chi connectivity index (χ4n) is 2.12. The zero-order valence-electron chi connectivity index (χ0n) is 13.0. The van der Waals surface area contributed by atoms with Crippen LogP contribution in [0, 0.1) is 0 Å². The van der Waals surface area contributed by atoms with E-state index in [-0.39, 0.29) is 24.8 Å². The van der Waals surface area contributed by atoms with E-state index in [0.29, 0.717) is 18.7 Å². The van der Waals surface area contributed by atoms with Crippen molar-refractivity contribution in [2.75, 3.05) is 13.7 Å². The lowest BCUT2D eigenvalue weighted by Crippen LogP contribution is -2.32. The summed E-state index contributed by atoms with van der Waals surface area (Å²) in [7, 11) is 1.61. The summed E-state index contributed by atoms with van der Waals surface area (Å²) in [5, 5.41) is 5.36. The molecule has 0 bridgehead atoms. The number of hydrogen-bond acceptors (Lipinski definition) is 4. The summed E-state index contributed by atoms with van der Waals surface area (Å²) in [5.41, 5.74) is 1.01. The second-order valence-corrected chi connectivity index (χ2v) is 4.94. The van der Waals surface area contributed by atoms with Gasteiger partial charge < -0.3 is 19.8 Å². The van der Waals surface area contributed by atoms with Crippen molar-refractivity contribution >= 4 is 11.8 Å². The van der Waals surface area contributed by atoms with Crippen LogP contribution in [0.2, 0.25) is 0 Å². The lowest BCUT2D eigenvalue weighted by Gasteiger charge is -2.09. The van der Waals surface area contributed by atoms with E-state index in [0.717, 1.165) is 11.3 Å². The molecule has 0 fully saturated rings. The van der Waals surface area contributed by atoms with E-state index >= 15 is 0 Å². The van der Waals surface area contributed by atoms with Gasteiger partial charge in [-0.25, -0.2) is 0 Å². The van der Waals surface area contributed by atoms with Crippen LogP contribution >= 0.6 is 0 Å². The van der Waals surface area contributed by atoms with Crippen LogP contribution < -0.4 is 15.4 Å². The Morgan fingerprint density at radius 1 is 1.09 bits per heavy atom. The minimum Gasteiger partial charge on any atom is -0.496 e. The summed E-state index contributed by atoms with van der Waals surface area (Å²) in [6.45, 7) is 0.727. The molecule has 0 radical (unpaired) electrons. The number of benzene rings is 1. The molecule has 1 aromatic heterocycles. The van der Waals surface area contributed by atoms with Gasteiger partial charge in [0.15, 0.2) is 0 Å². The molecule has 0 atom stereocenters. The fraction of sp³-hybridized carbons (Fsp3) is 0.294. The quantitative estimate of drug-likeness (QED) is 0.726. The SMILES string of the molecule is COc1ccccc1CCNC(=O)CC(=O)NCc1ccco1. The highest BCUT2D eigenvalue weighted by Crippen LogP contribution is 2.17. The average Bonchev–Trinajstić information content (AvgIpc) is 3.07. The molecule has 0 aliphatic carbocycles. The summed E-state index contributed by atoms with van der Waals surface area (Å²) in [6.07, 6.45) is 1.97. The standard InChI is InChI=1S/C17H20N2O4/c1-22-15-7-3-2-5-13(15)8-9-18-16(20)11-17(21)19-12-14-6-4-10-23-14/h2-7,10H,8-9,11-12H2,1H3,(H,18,20)(H,19,21). The molecule has 0 spiro atoms. The van der Waals surface area contributed by atoms with Gasteiger partial charge >= 0.3 is 0 Å². The van der Waals surface area contributed by atoms with Gasteiger partial charge in [0.25, 0.3) is 0 Å². The molecule has 2 aromatic rings. The summed E-state index contributed by atoms with van der Waals surface area (Å²) in [4.78, 5) is 23.4. The predicted octanol–water partition coefficient (Wildman–Crippen LogP) is 1.65. The highest BCUT2D eigenvalue weighted by atomic mass is 16.5. The molecule has 0 unspecified atom stereocenters. The maximum Gasteiger partial charge on any atom is 0.229 e. The number of carbonyl (C=O) groups excluding carboxylic acids is 2. The number of amides is 2.